The van der Waals surface area contributed by atoms with Crippen molar-refractivity contribution < 1.29 is 18.7 Å². The third-order valence-corrected chi connectivity index (χ3v) is 5.52. The lowest BCUT2D eigenvalue weighted by atomic mass is 10.1. The van der Waals surface area contributed by atoms with E-state index < -0.39 is 6.29 Å². The molecule has 0 radical (unpaired) electrons. The fraction of sp³-hybridized carbons (Fsp3) is 0.174. The third kappa shape index (κ3) is 4.78. The molecular formula is C23H20FNO3S. The van der Waals surface area contributed by atoms with Crippen LogP contribution in [-0.4, -0.2) is 5.91 Å². The van der Waals surface area contributed by atoms with E-state index in [0.717, 1.165) is 21.7 Å². The Hall–Kier alpha value is -2.83. The second-order valence-electron chi connectivity index (χ2n) is 6.72. The summed E-state index contributed by atoms with van der Waals surface area (Å²) in [7, 11) is 0. The van der Waals surface area contributed by atoms with Gasteiger partial charge in [0.25, 0.3) is 0 Å². The monoisotopic (exact) mass is 409 g/mol. The summed E-state index contributed by atoms with van der Waals surface area (Å²) in [4.78, 5) is 12.1. The van der Waals surface area contributed by atoms with Crippen LogP contribution in [0.5, 0.6) is 5.75 Å². The van der Waals surface area contributed by atoms with Gasteiger partial charge in [0, 0.05) is 39.9 Å². The molecule has 1 aliphatic rings. The summed E-state index contributed by atoms with van der Waals surface area (Å²) < 4.78 is 26.0. The van der Waals surface area contributed by atoms with Crippen LogP contribution in [0.1, 0.15) is 29.9 Å². The normalized spacial score (nSPS) is 15.3. The Morgan fingerprint density at radius 1 is 1.14 bits per heavy atom. The average molecular weight is 409 g/mol. The number of benzene rings is 3. The molecule has 148 valence electrons. The predicted octanol–water partition coefficient (Wildman–Crippen LogP) is 5.68. The summed E-state index contributed by atoms with van der Waals surface area (Å²) >= 11 is 1.58. The minimum absolute atomic E-state index is 0.107. The van der Waals surface area contributed by atoms with Gasteiger partial charge >= 0.3 is 0 Å². The van der Waals surface area contributed by atoms with E-state index in [-0.39, 0.29) is 11.7 Å². The average Bonchev–Trinajstić information content (AvgIpc) is 2.73. The minimum Gasteiger partial charge on any atom is -0.460 e. The van der Waals surface area contributed by atoms with Crippen molar-refractivity contribution >= 4 is 23.4 Å². The molecule has 1 N–H and O–H groups in total. The number of hydrogen-bond donors (Lipinski definition) is 1. The first-order valence-corrected chi connectivity index (χ1v) is 10.2. The molecule has 0 spiro atoms. The fourth-order valence-corrected chi connectivity index (χ4v) is 4.02. The van der Waals surface area contributed by atoms with Crippen LogP contribution < -0.4 is 10.1 Å². The van der Waals surface area contributed by atoms with Crippen molar-refractivity contribution in [2.24, 2.45) is 0 Å². The summed E-state index contributed by atoms with van der Waals surface area (Å²) in [5.74, 6) is 0.838. The molecule has 29 heavy (non-hydrogen) atoms. The zero-order valence-electron chi connectivity index (χ0n) is 15.9. The molecule has 4 nitrogen and oxygen atoms in total. The van der Waals surface area contributed by atoms with Gasteiger partial charge in [-0.3, -0.25) is 4.79 Å². The number of amides is 1. The maximum atomic E-state index is 14.1. The molecule has 0 aromatic heterocycles. The van der Waals surface area contributed by atoms with Crippen molar-refractivity contribution in [1.29, 1.82) is 0 Å². The number of rotatable bonds is 5. The van der Waals surface area contributed by atoms with Crippen LogP contribution in [0, 0.1) is 5.82 Å². The largest absolute Gasteiger partial charge is 0.460 e. The number of carbonyl (C=O) groups excluding carboxylic acids is 1. The van der Waals surface area contributed by atoms with Gasteiger partial charge in [0.05, 0.1) is 6.61 Å². The molecule has 1 heterocycles. The molecule has 0 unspecified atom stereocenters. The smallest absolute Gasteiger partial charge is 0.227 e. The van der Waals surface area contributed by atoms with Gasteiger partial charge < -0.3 is 14.8 Å². The topological polar surface area (TPSA) is 47.6 Å². The Balaban J connectivity index is 1.51. The SMILES string of the molecule is CC(=O)Nc1ccc(SCc2cc(F)cc3c2O[C@@H](c2ccccc2)OC3)cc1. The lowest BCUT2D eigenvalue weighted by Crippen LogP contribution is -2.19. The van der Waals surface area contributed by atoms with E-state index in [9.17, 15) is 9.18 Å². The number of nitrogens with one attached hydrogen (secondary N) is 1. The standard InChI is InChI=1S/C23H20FNO3S/c1-15(26)25-20-7-9-21(10-8-20)29-14-18-12-19(24)11-17-13-27-23(28-22(17)18)16-5-3-2-4-6-16/h2-12,23H,13-14H2,1H3,(H,25,26)/t23-/m0/s1. The highest BCUT2D eigenvalue weighted by molar-refractivity contribution is 7.98. The maximum absolute atomic E-state index is 14.1. The summed E-state index contributed by atoms with van der Waals surface area (Å²) in [5.41, 5.74) is 3.18. The number of fused-ring (bicyclic) bond motifs is 1. The van der Waals surface area contributed by atoms with Gasteiger partial charge in [0.2, 0.25) is 12.2 Å². The van der Waals surface area contributed by atoms with Gasteiger partial charge in [-0.05, 0) is 36.4 Å². The van der Waals surface area contributed by atoms with Crippen LogP contribution in [0.4, 0.5) is 10.1 Å². The summed E-state index contributed by atoms with van der Waals surface area (Å²) in [6, 6.07) is 20.2. The first kappa shape index (κ1) is 19.5. The molecule has 3 aromatic rings. The number of ether oxygens (including phenoxy) is 2. The second-order valence-corrected chi connectivity index (χ2v) is 7.77. The highest BCUT2D eigenvalue weighted by atomic mass is 32.2. The van der Waals surface area contributed by atoms with Crippen LogP contribution >= 0.6 is 11.8 Å². The van der Waals surface area contributed by atoms with E-state index >= 15 is 0 Å². The Bertz CT molecular complexity index is 1010. The quantitative estimate of drug-likeness (QED) is 0.551. The predicted molar refractivity (Wildman–Crippen MR) is 111 cm³/mol. The van der Waals surface area contributed by atoms with Crippen LogP contribution in [0.3, 0.4) is 0 Å². The molecule has 0 fully saturated rings. The minimum atomic E-state index is -0.505. The molecule has 6 heteroatoms. The Morgan fingerprint density at radius 2 is 1.90 bits per heavy atom. The van der Waals surface area contributed by atoms with Crippen LogP contribution in [0.25, 0.3) is 0 Å². The lowest BCUT2D eigenvalue weighted by molar-refractivity contribution is -0.114. The number of carbonyl (C=O) groups is 1. The zero-order valence-corrected chi connectivity index (χ0v) is 16.7. The van der Waals surface area contributed by atoms with Gasteiger partial charge in [-0.25, -0.2) is 4.39 Å². The molecule has 0 saturated heterocycles. The van der Waals surface area contributed by atoms with Crippen molar-refractivity contribution in [2.45, 2.75) is 30.5 Å². The van der Waals surface area contributed by atoms with E-state index in [4.69, 9.17) is 9.47 Å². The molecule has 1 amide bonds. The van der Waals surface area contributed by atoms with Crippen molar-refractivity contribution in [1.82, 2.24) is 0 Å². The van der Waals surface area contributed by atoms with Crippen molar-refractivity contribution in [3.05, 3.63) is 89.2 Å². The molecular weight excluding hydrogens is 389 g/mol. The summed E-state index contributed by atoms with van der Waals surface area (Å²) in [6.45, 7) is 1.78. The molecule has 0 saturated carbocycles. The maximum Gasteiger partial charge on any atom is 0.227 e. The number of thioether (sulfide) groups is 1. The van der Waals surface area contributed by atoms with Gasteiger partial charge in [-0.2, -0.15) is 0 Å². The third-order valence-electron chi connectivity index (χ3n) is 4.46. The molecule has 0 aliphatic carbocycles. The molecule has 1 aliphatic heterocycles. The van der Waals surface area contributed by atoms with Crippen LogP contribution in [0.2, 0.25) is 0 Å². The molecule has 4 rings (SSSR count). The van der Waals surface area contributed by atoms with Gasteiger partial charge in [0.15, 0.2) is 0 Å². The van der Waals surface area contributed by atoms with Gasteiger partial charge in [-0.15, -0.1) is 11.8 Å². The second kappa shape index (κ2) is 8.68. The number of anilines is 1. The van der Waals surface area contributed by atoms with Gasteiger partial charge in [-0.1, -0.05) is 30.3 Å². The fourth-order valence-electron chi connectivity index (χ4n) is 3.16. The van der Waals surface area contributed by atoms with E-state index in [1.165, 1.54) is 19.1 Å². The highest BCUT2D eigenvalue weighted by Gasteiger charge is 2.25. The molecule has 1 atom stereocenters. The number of hydrogen-bond acceptors (Lipinski definition) is 4. The first-order valence-electron chi connectivity index (χ1n) is 9.23. The van der Waals surface area contributed by atoms with Crippen molar-refractivity contribution in [2.75, 3.05) is 5.32 Å². The summed E-state index contributed by atoms with van der Waals surface area (Å²) in [6.07, 6.45) is -0.505. The Labute approximate surface area is 173 Å². The lowest BCUT2D eigenvalue weighted by Gasteiger charge is -2.28. The van der Waals surface area contributed by atoms with Crippen LogP contribution in [-0.2, 0) is 21.9 Å². The highest BCUT2D eigenvalue weighted by Crippen LogP contribution is 2.39. The van der Waals surface area contributed by atoms with E-state index in [1.807, 2.05) is 54.6 Å². The van der Waals surface area contributed by atoms with E-state index in [0.29, 0.717) is 23.7 Å². The Morgan fingerprint density at radius 3 is 2.62 bits per heavy atom. The van der Waals surface area contributed by atoms with Crippen LogP contribution in [0.15, 0.2) is 71.6 Å². The summed E-state index contributed by atoms with van der Waals surface area (Å²) in [5, 5.41) is 2.74. The van der Waals surface area contributed by atoms with Crippen molar-refractivity contribution in [3.8, 4) is 5.75 Å². The molecule has 0 bridgehead atoms. The van der Waals surface area contributed by atoms with E-state index in [2.05, 4.69) is 5.32 Å². The molecule has 3 aromatic carbocycles. The van der Waals surface area contributed by atoms with E-state index in [1.54, 1.807) is 11.8 Å². The Kier molecular flexibility index (Phi) is 5.83. The van der Waals surface area contributed by atoms with Crippen molar-refractivity contribution in [3.63, 3.8) is 0 Å². The zero-order chi connectivity index (χ0) is 20.2. The van der Waals surface area contributed by atoms with Gasteiger partial charge in [0.1, 0.15) is 11.6 Å². The number of halogens is 1. The first-order chi connectivity index (χ1) is 14.1.